The van der Waals surface area contributed by atoms with Crippen molar-refractivity contribution in [2.45, 2.75) is 49.4 Å². The van der Waals surface area contributed by atoms with Gasteiger partial charge in [-0.1, -0.05) is 176 Å². The van der Waals surface area contributed by atoms with E-state index in [0.717, 1.165) is 45.2 Å². The van der Waals surface area contributed by atoms with Crippen LogP contribution < -0.4 is 9.80 Å². The Morgan fingerprint density at radius 3 is 1.28 bits per heavy atom. The van der Waals surface area contributed by atoms with Crippen molar-refractivity contribution in [1.29, 1.82) is 0 Å². The molecule has 2 heteroatoms. The van der Waals surface area contributed by atoms with Crippen LogP contribution in [-0.4, -0.2) is 13.1 Å². The summed E-state index contributed by atoms with van der Waals surface area (Å²) in [5.41, 5.74) is 26.5. The van der Waals surface area contributed by atoms with Gasteiger partial charge in [-0.3, -0.25) is 0 Å². The summed E-state index contributed by atoms with van der Waals surface area (Å²) in [5, 5.41) is 0. The summed E-state index contributed by atoms with van der Waals surface area (Å²) < 4.78 is 0. The fraction of sp³-hybridized carbons (Fsp3) is 0.152. The first-order chi connectivity index (χ1) is 33.7. The van der Waals surface area contributed by atoms with Crippen molar-refractivity contribution < 1.29 is 0 Å². The molecule has 0 unspecified atom stereocenters. The molecule has 0 saturated heterocycles. The second-order valence-corrected chi connectivity index (χ2v) is 19.9. The first-order valence-electron chi connectivity index (χ1n) is 24.8. The van der Waals surface area contributed by atoms with E-state index in [9.17, 15) is 0 Å². The molecular weight excluding hydrogens is 821 g/mol. The summed E-state index contributed by atoms with van der Waals surface area (Å²) in [4.78, 5) is 5.12. The molecule has 9 aromatic carbocycles. The van der Waals surface area contributed by atoms with Crippen LogP contribution in [-0.2, 0) is 36.5 Å². The molecule has 2 aliphatic heterocycles. The predicted molar refractivity (Wildman–Crippen MR) is 283 cm³/mol. The number of hydrogen-bond donors (Lipinski definition) is 0. The van der Waals surface area contributed by atoms with E-state index in [-0.39, 0.29) is 5.41 Å². The third-order valence-corrected chi connectivity index (χ3v) is 16.3. The van der Waals surface area contributed by atoms with Gasteiger partial charge in [0.05, 0.1) is 5.41 Å². The molecule has 5 aliphatic rings. The number of para-hydroxylation sites is 2. The minimum absolute atomic E-state index is 0.108. The minimum Gasteiger partial charge on any atom is -0.341 e. The van der Waals surface area contributed by atoms with Crippen molar-refractivity contribution in [2.24, 2.45) is 0 Å². The van der Waals surface area contributed by atoms with E-state index in [0.29, 0.717) is 0 Å². The summed E-state index contributed by atoms with van der Waals surface area (Å²) in [6, 6.07) is 78.8. The first-order valence-corrected chi connectivity index (χ1v) is 24.8. The molecule has 0 atom stereocenters. The quantitative estimate of drug-likeness (QED) is 0.154. The van der Waals surface area contributed by atoms with Crippen molar-refractivity contribution in [3.8, 4) is 22.3 Å². The largest absolute Gasteiger partial charge is 0.341 e. The van der Waals surface area contributed by atoms with Crippen LogP contribution >= 0.6 is 0 Å². The highest BCUT2D eigenvalue weighted by molar-refractivity contribution is 5.91. The molecule has 14 rings (SSSR count). The Morgan fingerprint density at radius 1 is 0.353 bits per heavy atom. The maximum Gasteiger partial charge on any atom is 0.0714 e. The molecule has 0 saturated carbocycles. The Balaban J connectivity index is 0.875. The standard InChI is InChI=1S/C66H52N2/c1-3-21-51(22-4-1)66(52-23-5-2-6-24-52)61-40-46(30-34-57(61)58-36-32-54(42-62(58)66)68-38-14-20-48-16-10-12-26-64(48)68)28-27-45-29-33-55-56-35-31-53(67-37-13-19-47-15-9-11-25-63(47)67)41-60(56)65(59(55)39-45)43-49-17-7-8-18-50(49)44-65/h1-12,15-18,21-36,39-42H,13-14,19-20,37-38,43-44H2/b28-27+. The molecule has 0 bridgehead atoms. The monoisotopic (exact) mass is 872 g/mol. The average molecular weight is 873 g/mol. The van der Waals surface area contributed by atoms with Gasteiger partial charge in [0.25, 0.3) is 0 Å². The Labute approximate surface area is 400 Å². The van der Waals surface area contributed by atoms with Gasteiger partial charge in [-0.05, 0) is 170 Å². The van der Waals surface area contributed by atoms with Gasteiger partial charge in [-0.15, -0.1) is 0 Å². The molecule has 0 aromatic heterocycles. The number of anilines is 4. The fourth-order valence-electron chi connectivity index (χ4n) is 13.3. The van der Waals surface area contributed by atoms with E-state index >= 15 is 0 Å². The Morgan fingerprint density at radius 2 is 0.750 bits per heavy atom. The van der Waals surface area contributed by atoms with E-state index in [1.165, 1.54) is 118 Å². The molecular formula is C66H52N2. The molecule has 2 nitrogen and oxygen atoms in total. The van der Waals surface area contributed by atoms with Crippen molar-refractivity contribution in [2.75, 3.05) is 22.9 Å². The van der Waals surface area contributed by atoms with Gasteiger partial charge in [0.2, 0.25) is 0 Å². The SMILES string of the molecule is C(=C\c1ccc2c(c1)C(c1ccccc1)(c1ccccc1)c1cc(N3CCCc4ccccc43)ccc1-2)/c1ccc2c(c1)C1(Cc3ccccc3C1)c1cc(N3CCCc4ccccc43)ccc1-2. The lowest BCUT2D eigenvalue weighted by Crippen LogP contribution is -2.29. The summed E-state index contributed by atoms with van der Waals surface area (Å²) in [5.74, 6) is 0. The van der Waals surface area contributed by atoms with Crippen LogP contribution in [0.2, 0.25) is 0 Å². The third kappa shape index (κ3) is 5.89. The fourth-order valence-corrected chi connectivity index (χ4v) is 13.3. The van der Waals surface area contributed by atoms with Crippen molar-refractivity contribution in [3.63, 3.8) is 0 Å². The molecule has 0 fully saturated rings. The van der Waals surface area contributed by atoms with Crippen molar-refractivity contribution in [1.82, 2.24) is 0 Å². The van der Waals surface area contributed by atoms with Crippen LogP contribution in [0.4, 0.5) is 22.7 Å². The van der Waals surface area contributed by atoms with Crippen LogP contribution in [0.5, 0.6) is 0 Å². The van der Waals surface area contributed by atoms with E-state index in [2.05, 4.69) is 228 Å². The Kier molecular flexibility index (Phi) is 8.96. The number of rotatable bonds is 6. The zero-order valence-corrected chi connectivity index (χ0v) is 38.3. The number of benzene rings is 9. The second-order valence-electron chi connectivity index (χ2n) is 19.9. The smallest absolute Gasteiger partial charge is 0.0714 e. The normalized spacial score (nSPS) is 16.5. The number of aryl methyl sites for hydroxylation is 2. The predicted octanol–water partition coefficient (Wildman–Crippen LogP) is 15.5. The zero-order chi connectivity index (χ0) is 44.8. The van der Waals surface area contributed by atoms with E-state index in [4.69, 9.17) is 0 Å². The summed E-state index contributed by atoms with van der Waals surface area (Å²) in [6.07, 6.45) is 11.3. The molecule has 68 heavy (non-hydrogen) atoms. The average Bonchev–Trinajstić information content (AvgIpc) is 4.03. The van der Waals surface area contributed by atoms with Crippen LogP contribution in [0.3, 0.4) is 0 Å². The third-order valence-electron chi connectivity index (χ3n) is 16.3. The topological polar surface area (TPSA) is 6.48 Å². The maximum atomic E-state index is 2.57. The highest BCUT2D eigenvalue weighted by atomic mass is 15.1. The molecule has 326 valence electrons. The van der Waals surface area contributed by atoms with Crippen LogP contribution in [0, 0.1) is 0 Å². The lowest BCUT2D eigenvalue weighted by atomic mass is 9.67. The second kappa shape index (κ2) is 15.4. The molecule has 2 heterocycles. The van der Waals surface area contributed by atoms with Gasteiger partial charge in [0.1, 0.15) is 0 Å². The maximum absolute atomic E-state index is 2.57. The van der Waals surface area contributed by atoms with E-state index in [1.807, 2.05) is 0 Å². The van der Waals surface area contributed by atoms with Gasteiger partial charge >= 0.3 is 0 Å². The lowest BCUT2D eigenvalue weighted by Gasteiger charge is -2.36. The Hall–Kier alpha value is -7.68. The minimum atomic E-state index is -0.499. The molecule has 9 aromatic rings. The van der Waals surface area contributed by atoms with Gasteiger partial charge < -0.3 is 9.80 Å². The number of nitrogens with zero attached hydrogens (tertiary/aromatic N) is 2. The van der Waals surface area contributed by atoms with Crippen molar-refractivity contribution >= 4 is 34.9 Å². The summed E-state index contributed by atoms with van der Waals surface area (Å²) in [6.45, 7) is 2.06. The first kappa shape index (κ1) is 39.5. The van der Waals surface area contributed by atoms with E-state index in [1.54, 1.807) is 0 Å². The highest BCUT2D eigenvalue weighted by Crippen LogP contribution is 2.59. The van der Waals surface area contributed by atoms with E-state index < -0.39 is 5.41 Å². The number of hydrogen-bond acceptors (Lipinski definition) is 2. The molecule has 0 amide bonds. The highest BCUT2D eigenvalue weighted by Gasteiger charge is 2.48. The molecule has 1 spiro atoms. The van der Waals surface area contributed by atoms with Gasteiger partial charge in [0, 0.05) is 41.3 Å². The number of fused-ring (bicyclic) bond motifs is 11. The lowest BCUT2D eigenvalue weighted by molar-refractivity contribution is 0.563. The van der Waals surface area contributed by atoms with Gasteiger partial charge in [0.15, 0.2) is 0 Å². The van der Waals surface area contributed by atoms with Crippen LogP contribution in [0.15, 0.2) is 206 Å². The van der Waals surface area contributed by atoms with Crippen LogP contribution in [0.25, 0.3) is 34.4 Å². The molecule has 3 aliphatic carbocycles. The van der Waals surface area contributed by atoms with Gasteiger partial charge in [-0.2, -0.15) is 0 Å². The summed E-state index contributed by atoms with van der Waals surface area (Å²) in [7, 11) is 0. The van der Waals surface area contributed by atoms with Crippen LogP contribution in [0.1, 0.15) is 79.6 Å². The zero-order valence-electron chi connectivity index (χ0n) is 38.3. The summed E-state index contributed by atoms with van der Waals surface area (Å²) >= 11 is 0. The molecule has 0 N–H and O–H groups in total. The van der Waals surface area contributed by atoms with Crippen molar-refractivity contribution in [3.05, 3.63) is 273 Å². The van der Waals surface area contributed by atoms with Gasteiger partial charge in [-0.25, -0.2) is 0 Å². The Bertz CT molecular complexity index is 3420. The molecule has 0 radical (unpaired) electrons.